The maximum absolute atomic E-state index is 9.05. The molecule has 1 unspecified atom stereocenters. The predicted molar refractivity (Wildman–Crippen MR) is 110 cm³/mol. The highest BCUT2D eigenvalue weighted by atomic mass is 79.9. The predicted octanol–water partition coefficient (Wildman–Crippen LogP) is 5.40. The normalized spacial score (nSPS) is 22.3. The van der Waals surface area contributed by atoms with Crippen LogP contribution in [0.25, 0.3) is 0 Å². The number of rotatable bonds is 3. The molecule has 2 heterocycles. The molecular weight excluding hydrogens is 426 g/mol. The van der Waals surface area contributed by atoms with Crippen LogP contribution in [0, 0.1) is 11.3 Å². The minimum Gasteiger partial charge on any atom is -0.497 e. The Morgan fingerprint density at radius 2 is 2.19 bits per heavy atom. The average Bonchev–Trinajstić information content (AvgIpc) is 3.21. The Kier molecular flexibility index (Phi) is 4.88. The summed E-state index contributed by atoms with van der Waals surface area (Å²) in [7, 11) is 1.67. The fourth-order valence-corrected chi connectivity index (χ4v) is 4.98. The summed E-state index contributed by atoms with van der Waals surface area (Å²) in [5, 5.41) is 9.79. The fraction of sp³-hybridized carbons (Fsp3) is 0.333. The molecule has 1 fully saturated rings. The van der Waals surface area contributed by atoms with E-state index in [1.54, 1.807) is 19.4 Å². The van der Waals surface area contributed by atoms with Crippen LogP contribution in [0.15, 0.2) is 46.6 Å². The van der Waals surface area contributed by atoms with Gasteiger partial charge in [0.05, 0.1) is 22.7 Å². The number of hydrogen-bond donors (Lipinski definition) is 0. The molecule has 1 aliphatic heterocycles. The van der Waals surface area contributed by atoms with E-state index in [0.717, 1.165) is 59.0 Å². The zero-order chi connectivity index (χ0) is 19.0. The second kappa shape index (κ2) is 7.18. The van der Waals surface area contributed by atoms with Crippen LogP contribution in [0.5, 0.6) is 5.75 Å². The summed E-state index contributed by atoms with van der Waals surface area (Å²) in [5.74, 6) is 1.81. The molecule has 138 valence electrons. The summed E-state index contributed by atoms with van der Waals surface area (Å²) in [6.07, 6.45) is 6.27. The van der Waals surface area contributed by atoms with Crippen molar-refractivity contribution in [1.82, 2.24) is 4.98 Å². The fourth-order valence-electron chi connectivity index (χ4n) is 4.34. The lowest BCUT2D eigenvalue weighted by atomic mass is 9.81. The molecule has 0 saturated heterocycles. The Morgan fingerprint density at radius 3 is 2.89 bits per heavy atom. The minimum absolute atomic E-state index is 0.0711. The van der Waals surface area contributed by atoms with Crippen LogP contribution in [-0.2, 0) is 12.0 Å². The molecule has 1 aromatic heterocycles. The topological polar surface area (TPSA) is 49.1 Å². The molecule has 6 heteroatoms. The van der Waals surface area contributed by atoms with E-state index in [2.05, 4.69) is 39.0 Å². The first-order valence-electron chi connectivity index (χ1n) is 8.86. The van der Waals surface area contributed by atoms with Crippen LogP contribution in [0.3, 0.4) is 0 Å². The molecule has 1 aliphatic carbocycles. The SMILES string of the molecule is COc1ccc(CN2CC3(CC/C(=C\C#N)C3)c3c2ncc(Br)c3Cl)cc1. The number of methoxy groups -OCH3 is 1. The number of nitrogens with zero attached hydrogens (tertiary/aromatic N) is 3. The molecule has 0 amide bonds. The van der Waals surface area contributed by atoms with Gasteiger partial charge in [0.1, 0.15) is 11.6 Å². The summed E-state index contributed by atoms with van der Waals surface area (Å²) in [6, 6.07) is 10.3. The standard InChI is InChI=1S/C21H19BrClN3O/c1-27-16-4-2-15(3-5-16)12-26-13-21(8-6-14(10-21)7-9-24)18-19(23)17(22)11-25-20(18)26/h2-5,7,11H,6,8,10,12-13H2,1H3/b14-7+. The second-order valence-corrected chi connectivity index (χ2v) is 8.44. The van der Waals surface area contributed by atoms with Crippen LogP contribution in [0.2, 0.25) is 5.02 Å². The number of nitriles is 1. The van der Waals surface area contributed by atoms with Gasteiger partial charge in [0.25, 0.3) is 0 Å². The number of hydrogen-bond acceptors (Lipinski definition) is 4. The van der Waals surface area contributed by atoms with Gasteiger partial charge in [0.2, 0.25) is 0 Å². The van der Waals surface area contributed by atoms with E-state index in [9.17, 15) is 0 Å². The van der Waals surface area contributed by atoms with Gasteiger partial charge < -0.3 is 9.64 Å². The molecule has 1 saturated carbocycles. The Labute approximate surface area is 172 Å². The number of pyridine rings is 1. The average molecular weight is 445 g/mol. The molecule has 0 radical (unpaired) electrons. The van der Waals surface area contributed by atoms with Crippen LogP contribution in [0.1, 0.15) is 30.4 Å². The quantitative estimate of drug-likeness (QED) is 0.595. The van der Waals surface area contributed by atoms with Crippen molar-refractivity contribution in [3.63, 3.8) is 0 Å². The summed E-state index contributed by atoms with van der Waals surface area (Å²) < 4.78 is 6.08. The molecule has 1 atom stereocenters. The van der Waals surface area contributed by atoms with Gasteiger partial charge in [-0.15, -0.1) is 0 Å². The molecule has 27 heavy (non-hydrogen) atoms. The van der Waals surface area contributed by atoms with E-state index in [1.165, 1.54) is 11.1 Å². The van der Waals surface area contributed by atoms with Crippen LogP contribution in [0.4, 0.5) is 5.82 Å². The summed E-state index contributed by atoms with van der Waals surface area (Å²) in [4.78, 5) is 7.02. The van der Waals surface area contributed by atoms with Crippen molar-refractivity contribution in [2.75, 3.05) is 18.6 Å². The van der Waals surface area contributed by atoms with Gasteiger partial charge in [-0.25, -0.2) is 4.98 Å². The Hall–Kier alpha value is -2.03. The first kappa shape index (κ1) is 18.3. The lowest BCUT2D eigenvalue weighted by molar-refractivity contribution is 0.414. The molecule has 0 bridgehead atoms. The summed E-state index contributed by atoms with van der Waals surface area (Å²) in [5.41, 5.74) is 3.45. The minimum atomic E-state index is -0.0711. The Morgan fingerprint density at radius 1 is 1.41 bits per heavy atom. The molecule has 4 nitrogen and oxygen atoms in total. The van der Waals surface area contributed by atoms with E-state index in [4.69, 9.17) is 26.6 Å². The van der Waals surface area contributed by atoms with Gasteiger partial charge in [0.15, 0.2) is 0 Å². The maximum Gasteiger partial charge on any atom is 0.134 e. The smallest absolute Gasteiger partial charge is 0.134 e. The van der Waals surface area contributed by atoms with Gasteiger partial charge >= 0.3 is 0 Å². The van der Waals surface area contributed by atoms with E-state index in [1.807, 2.05) is 12.1 Å². The number of ether oxygens (including phenoxy) is 1. The van der Waals surface area contributed by atoms with Gasteiger partial charge in [-0.2, -0.15) is 5.26 Å². The number of aromatic nitrogens is 1. The van der Waals surface area contributed by atoms with E-state index in [0.29, 0.717) is 0 Å². The third kappa shape index (κ3) is 3.22. The number of allylic oxidation sites excluding steroid dienone is 2. The Bertz CT molecular complexity index is 951. The zero-order valence-corrected chi connectivity index (χ0v) is 17.3. The molecule has 1 aromatic carbocycles. The highest BCUT2D eigenvalue weighted by Crippen LogP contribution is 2.55. The van der Waals surface area contributed by atoms with Crippen molar-refractivity contribution in [2.24, 2.45) is 0 Å². The van der Waals surface area contributed by atoms with Crippen molar-refractivity contribution in [2.45, 2.75) is 31.2 Å². The highest BCUT2D eigenvalue weighted by molar-refractivity contribution is 9.10. The Balaban J connectivity index is 1.71. The van der Waals surface area contributed by atoms with Crippen LogP contribution in [-0.4, -0.2) is 18.6 Å². The first-order chi connectivity index (χ1) is 13.1. The molecule has 1 spiro atoms. The molecule has 2 aliphatic rings. The van der Waals surface area contributed by atoms with Gasteiger partial charge in [-0.05, 0) is 52.9 Å². The van der Waals surface area contributed by atoms with Gasteiger partial charge in [-0.3, -0.25) is 0 Å². The molecule has 2 aromatic rings. The van der Waals surface area contributed by atoms with E-state index < -0.39 is 0 Å². The molecule has 0 N–H and O–H groups in total. The second-order valence-electron chi connectivity index (χ2n) is 7.21. The molecule has 4 rings (SSSR count). The number of fused-ring (bicyclic) bond motifs is 2. The third-order valence-electron chi connectivity index (χ3n) is 5.57. The maximum atomic E-state index is 9.05. The monoisotopic (exact) mass is 443 g/mol. The van der Waals surface area contributed by atoms with Crippen LogP contribution >= 0.6 is 27.5 Å². The molecular formula is C21H19BrClN3O. The third-order valence-corrected chi connectivity index (χ3v) is 6.79. The lowest BCUT2D eigenvalue weighted by Crippen LogP contribution is -2.31. The van der Waals surface area contributed by atoms with Crippen molar-refractivity contribution >= 4 is 33.3 Å². The van der Waals surface area contributed by atoms with Crippen molar-refractivity contribution < 1.29 is 4.74 Å². The van der Waals surface area contributed by atoms with E-state index >= 15 is 0 Å². The zero-order valence-electron chi connectivity index (χ0n) is 15.0. The van der Waals surface area contributed by atoms with Gasteiger partial charge in [-0.1, -0.05) is 29.3 Å². The van der Waals surface area contributed by atoms with Crippen molar-refractivity contribution in [3.05, 3.63) is 62.7 Å². The largest absolute Gasteiger partial charge is 0.497 e. The van der Waals surface area contributed by atoms with E-state index in [-0.39, 0.29) is 5.41 Å². The highest BCUT2D eigenvalue weighted by Gasteiger charge is 2.48. The van der Waals surface area contributed by atoms with Crippen LogP contribution < -0.4 is 9.64 Å². The van der Waals surface area contributed by atoms with Crippen molar-refractivity contribution in [1.29, 1.82) is 5.26 Å². The summed E-state index contributed by atoms with van der Waals surface area (Å²) in [6.45, 7) is 1.63. The number of benzene rings is 1. The number of anilines is 1. The number of halogens is 2. The van der Waals surface area contributed by atoms with Gasteiger partial charge in [0, 0.05) is 36.3 Å². The summed E-state index contributed by atoms with van der Waals surface area (Å²) >= 11 is 10.3. The lowest BCUT2D eigenvalue weighted by Gasteiger charge is -2.25. The van der Waals surface area contributed by atoms with Crippen molar-refractivity contribution in [3.8, 4) is 11.8 Å². The first-order valence-corrected chi connectivity index (χ1v) is 10.0.